The summed E-state index contributed by atoms with van der Waals surface area (Å²) in [6.07, 6.45) is 4.63. The van der Waals surface area contributed by atoms with E-state index in [1.54, 1.807) is 24.5 Å². The predicted octanol–water partition coefficient (Wildman–Crippen LogP) is 2.68. The molecule has 6 nitrogen and oxygen atoms in total. The van der Waals surface area contributed by atoms with E-state index >= 15 is 0 Å². The lowest BCUT2D eigenvalue weighted by atomic mass is 10.2. The highest BCUT2D eigenvalue weighted by atomic mass is 19.1. The van der Waals surface area contributed by atoms with Gasteiger partial charge in [0.15, 0.2) is 0 Å². The molecule has 2 heterocycles. The first-order valence-corrected chi connectivity index (χ1v) is 7.22. The van der Waals surface area contributed by atoms with Crippen molar-refractivity contribution in [2.45, 2.75) is 6.54 Å². The van der Waals surface area contributed by atoms with Gasteiger partial charge in [-0.15, -0.1) is 0 Å². The number of carbonyl (C=O) groups is 1. The van der Waals surface area contributed by atoms with Gasteiger partial charge in [0.2, 0.25) is 0 Å². The Morgan fingerprint density at radius 3 is 2.54 bits per heavy atom. The molecule has 1 amide bonds. The largest absolute Gasteiger partial charge is 0.347 e. The number of nitrogens with zero attached hydrogens (tertiary/aromatic N) is 3. The summed E-state index contributed by atoms with van der Waals surface area (Å²) in [6, 6.07) is 11.0. The molecule has 24 heavy (non-hydrogen) atoms. The number of hydrogen-bond acceptors (Lipinski definition) is 5. The molecule has 0 unspecified atom stereocenters. The topological polar surface area (TPSA) is 79.8 Å². The van der Waals surface area contributed by atoms with Crippen molar-refractivity contribution in [2.24, 2.45) is 0 Å². The predicted molar refractivity (Wildman–Crippen MR) is 87.1 cm³/mol. The van der Waals surface area contributed by atoms with Crippen LogP contribution in [0.25, 0.3) is 0 Å². The maximum atomic E-state index is 12.9. The highest BCUT2D eigenvalue weighted by molar-refractivity contribution is 5.92. The smallest absolute Gasteiger partial charge is 0.270 e. The van der Waals surface area contributed by atoms with Crippen LogP contribution in [-0.4, -0.2) is 20.9 Å². The SMILES string of the molecule is O=C(NCc1ccncc1)c1cc(Nc2ccc(F)cc2)ncn1. The van der Waals surface area contributed by atoms with Crippen molar-refractivity contribution in [3.05, 3.63) is 78.3 Å². The van der Waals surface area contributed by atoms with Gasteiger partial charge in [0, 0.05) is 30.7 Å². The van der Waals surface area contributed by atoms with Crippen LogP contribution in [0, 0.1) is 5.82 Å². The highest BCUT2D eigenvalue weighted by Crippen LogP contribution is 2.15. The fourth-order valence-corrected chi connectivity index (χ4v) is 2.00. The number of benzene rings is 1. The van der Waals surface area contributed by atoms with Crippen LogP contribution in [0.15, 0.2) is 61.2 Å². The lowest BCUT2D eigenvalue weighted by Gasteiger charge is -2.08. The van der Waals surface area contributed by atoms with Crippen molar-refractivity contribution in [2.75, 3.05) is 5.32 Å². The van der Waals surface area contributed by atoms with Gasteiger partial charge in [-0.2, -0.15) is 0 Å². The van der Waals surface area contributed by atoms with E-state index in [-0.39, 0.29) is 17.4 Å². The quantitative estimate of drug-likeness (QED) is 0.754. The number of anilines is 2. The molecule has 7 heteroatoms. The van der Waals surface area contributed by atoms with Gasteiger partial charge >= 0.3 is 0 Å². The molecule has 0 fully saturated rings. The van der Waals surface area contributed by atoms with Crippen molar-refractivity contribution < 1.29 is 9.18 Å². The number of aromatic nitrogens is 3. The third-order valence-corrected chi connectivity index (χ3v) is 3.22. The molecule has 2 aromatic heterocycles. The van der Waals surface area contributed by atoms with Crippen LogP contribution in [0.5, 0.6) is 0 Å². The third-order valence-electron chi connectivity index (χ3n) is 3.22. The van der Waals surface area contributed by atoms with Crippen LogP contribution in [0.3, 0.4) is 0 Å². The first-order chi connectivity index (χ1) is 11.7. The molecular formula is C17H14FN5O. The van der Waals surface area contributed by atoms with Crippen molar-refractivity contribution >= 4 is 17.4 Å². The molecule has 1 aromatic carbocycles. The minimum absolute atomic E-state index is 0.240. The number of nitrogens with one attached hydrogen (secondary N) is 2. The van der Waals surface area contributed by atoms with E-state index in [4.69, 9.17) is 0 Å². The minimum Gasteiger partial charge on any atom is -0.347 e. The zero-order valence-electron chi connectivity index (χ0n) is 12.6. The zero-order valence-corrected chi connectivity index (χ0v) is 12.6. The lowest BCUT2D eigenvalue weighted by Crippen LogP contribution is -2.24. The molecule has 0 aliphatic heterocycles. The van der Waals surface area contributed by atoms with Crippen molar-refractivity contribution in [1.29, 1.82) is 0 Å². The fraction of sp³-hybridized carbons (Fsp3) is 0.0588. The molecule has 0 saturated heterocycles. The number of amides is 1. The summed E-state index contributed by atoms with van der Waals surface area (Å²) in [5.74, 6) is -0.179. The lowest BCUT2D eigenvalue weighted by molar-refractivity contribution is 0.0946. The molecule has 3 rings (SSSR count). The Kier molecular flexibility index (Phi) is 4.71. The Bertz CT molecular complexity index is 824. The van der Waals surface area contributed by atoms with E-state index in [0.717, 1.165) is 5.56 Å². The van der Waals surface area contributed by atoms with Crippen LogP contribution in [0.4, 0.5) is 15.9 Å². The van der Waals surface area contributed by atoms with E-state index in [2.05, 4.69) is 25.6 Å². The molecule has 0 bridgehead atoms. The Morgan fingerprint density at radius 1 is 1.04 bits per heavy atom. The Balaban J connectivity index is 1.65. The summed E-state index contributed by atoms with van der Waals surface area (Å²) in [5.41, 5.74) is 1.85. The average molecular weight is 323 g/mol. The van der Waals surface area contributed by atoms with Gasteiger partial charge in [0.1, 0.15) is 23.7 Å². The molecule has 3 aromatic rings. The summed E-state index contributed by atoms with van der Waals surface area (Å²) in [5, 5.41) is 5.77. The maximum Gasteiger partial charge on any atom is 0.270 e. The van der Waals surface area contributed by atoms with Crippen molar-refractivity contribution in [3.63, 3.8) is 0 Å². The second kappa shape index (κ2) is 7.28. The fourth-order valence-electron chi connectivity index (χ4n) is 2.00. The van der Waals surface area contributed by atoms with E-state index < -0.39 is 0 Å². The first-order valence-electron chi connectivity index (χ1n) is 7.22. The van der Waals surface area contributed by atoms with Crippen molar-refractivity contribution in [1.82, 2.24) is 20.3 Å². The number of rotatable bonds is 5. The summed E-state index contributed by atoms with van der Waals surface area (Å²) in [4.78, 5) is 24.1. The second-order valence-electron chi connectivity index (χ2n) is 4.96. The molecule has 0 saturated carbocycles. The highest BCUT2D eigenvalue weighted by Gasteiger charge is 2.08. The van der Waals surface area contributed by atoms with Gasteiger partial charge in [0.05, 0.1) is 0 Å². The molecule has 0 atom stereocenters. The number of pyridine rings is 1. The molecular weight excluding hydrogens is 309 g/mol. The summed E-state index contributed by atoms with van der Waals surface area (Å²) < 4.78 is 12.9. The van der Waals surface area contributed by atoms with Gasteiger partial charge in [-0.3, -0.25) is 9.78 Å². The number of carbonyl (C=O) groups excluding carboxylic acids is 1. The van der Waals surface area contributed by atoms with E-state index in [0.29, 0.717) is 18.1 Å². The number of halogens is 1. The summed E-state index contributed by atoms with van der Waals surface area (Å²) in [7, 11) is 0. The van der Waals surface area contributed by atoms with Crippen LogP contribution in [0.2, 0.25) is 0 Å². The number of hydrogen-bond donors (Lipinski definition) is 2. The Morgan fingerprint density at radius 2 is 1.79 bits per heavy atom. The molecule has 0 aliphatic rings. The average Bonchev–Trinajstić information content (AvgIpc) is 2.63. The summed E-state index contributed by atoms with van der Waals surface area (Å²) in [6.45, 7) is 0.381. The first kappa shape index (κ1) is 15.5. The van der Waals surface area contributed by atoms with E-state index in [9.17, 15) is 9.18 Å². The molecule has 0 radical (unpaired) electrons. The molecule has 2 N–H and O–H groups in total. The normalized spacial score (nSPS) is 10.2. The van der Waals surface area contributed by atoms with Gasteiger partial charge in [0.25, 0.3) is 5.91 Å². The monoisotopic (exact) mass is 323 g/mol. The van der Waals surface area contributed by atoms with Crippen molar-refractivity contribution in [3.8, 4) is 0 Å². The van der Waals surface area contributed by atoms with E-state index in [1.165, 1.54) is 24.5 Å². The standard InChI is InChI=1S/C17H14FN5O/c18-13-1-3-14(4-2-13)23-16-9-15(21-11-22-16)17(24)20-10-12-5-7-19-8-6-12/h1-9,11H,10H2,(H,20,24)(H,21,22,23). The molecule has 0 aliphatic carbocycles. The third kappa shape index (κ3) is 4.10. The Labute approximate surface area is 137 Å². The van der Waals surface area contributed by atoms with Gasteiger partial charge in [-0.25, -0.2) is 14.4 Å². The van der Waals surface area contributed by atoms with E-state index in [1.807, 2.05) is 12.1 Å². The zero-order chi connectivity index (χ0) is 16.8. The Hall–Kier alpha value is -3.35. The van der Waals surface area contributed by atoms with Crippen LogP contribution in [-0.2, 0) is 6.54 Å². The molecule has 120 valence electrons. The van der Waals surface area contributed by atoms with Gasteiger partial charge in [-0.1, -0.05) is 0 Å². The van der Waals surface area contributed by atoms with Crippen LogP contribution >= 0.6 is 0 Å². The summed E-state index contributed by atoms with van der Waals surface area (Å²) >= 11 is 0. The minimum atomic E-state index is -0.320. The maximum absolute atomic E-state index is 12.9. The van der Waals surface area contributed by atoms with Gasteiger partial charge in [-0.05, 0) is 42.0 Å². The van der Waals surface area contributed by atoms with Gasteiger partial charge < -0.3 is 10.6 Å². The van der Waals surface area contributed by atoms with Crippen LogP contribution < -0.4 is 10.6 Å². The second-order valence-corrected chi connectivity index (χ2v) is 4.96. The van der Waals surface area contributed by atoms with Crippen LogP contribution in [0.1, 0.15) is 16.1 Å². The molecule has 0 spiro atoms.